The van der Waals surface area contributed by atoms with Gasteiger partial charge in [-0.1, -0.05) is 11.8 Å². The van der Waals surface area contributed by atoms with E-state index in [1.54, 1.807) is 4.90 Å². The van der Waals surface area contributed by atoms with Gasteiger partial charge < -0.3 is 5.73 Å². The maximum absolute atomic E-state index is 11.9. The zero-order chi connectivity index (χ0) is 13.3. The molecule has 0 aliphatic carbocycles. The van der Waals surface area contributed by atoms with Crippen LogP contribution in [0, 0.1) is 12.8 Å². The summed E-state index contributed by atoms with van der Waals surface area (Å²) in [5.41, 5.74) is 7.15. The van der Waals surface area contributed by atoms with E-state index in [0.29, 0.717) is 30.2 Å². The molecule has 7 heteroatoms. The lowest BCUT2D eigenvalue weighted by Crippen LogP contribution is -2.26. The second-order valence-electron chi connectivity index (χ2n) is 4.46. The van der Waals surface area contributed by atoms with Crippen LogP contribution in [0.15, 0.2) is 0 Å². The van der Waals surface area contributed by atoms with Crippen LogP contribution in [-0.4, -0.2) is 33.5 Å². The van der Waals surface area contributed by atoms with Gasteiger partial charge in [0.2, 0.25) is 5.91 Å². The van der Waals surface area contributed by atoms with Crippen molar-refractivity contribution in [3.8, 4) is 0 Å². The minimum absolute atomic E-state index is 0.0161. The van der Waals surface area contributed by atoms with E-state index < -0.39 is 0 Å². The second kappa shape index (κ2) is 5.01. The smallest absolute Gasteiger partial charge is 0.228 e. The molecule has 0 spiro atoms. The molecule has 0 bridgehead atoms. The first-order valence-corrected chi connectivity index (χ1v) is 6.71. The van der Waals surface area contributed by atoms with Gasteiger partial charge in [-0.25, -0.2) is 0 Å². The Hall–Kier alpha value is -1.50. The number of nitrogens with zero attached hydrogens (tertiary/aromatic N) is 2. The molecule has 1 amide bonds. The van der Waals surface area contributed by atoms with Gasteiger partial charge in [-0.3, -0.25) is 19.6 Å². The van der Waals surface area contributed by atoms with Gasteiger partial charge in [0.05, 0.1) is 11.4 Å². The average molecular weight is 268 g/mol. The summed E-state index contributed by atoms with van der Waals surface area (Å²) in [5.74, 6) is 1.37. The molecule has 0 aromatic carbocycles. The molecule has 1 aromatic rings. The minimum Gasteiger partial charge on any atom is -0.394 e. The zero-order valence-electron chi connectivity index (χ0n) is 10.4. The van der Waals surface area contributed by atoms with Crippen LogP contribution >= 0.6 is 11.8 Å². The number of aryl methyl sites for hydroxylation is 1. The third-order valence-electron chi connectivity index (χ3n) is 2.96. The largest absolute Gasteiger partial charge is 0.394 e. The maximum atomic E-state index is 11.9. The lowest BCUT2D eigenvalue weighted by molar-refractivity contribution is -0.117. The number of aromatic nitrogens is 2. The van der Waals surface area contributed by atoms with Gasteiger partial charge >= 0.3 is 0 Å². The van der Waals surface area contributed by atoms with Crippen LogP contribution < -0.4 is 10.6 Å². The number of nitrogen functional groups attached to an aromatic ring is 1. The number of rotatable bonds is 3. The van der Waals surface area contributed by atoms with Gasteiger partial charge in [-0.15, -0.1) is 0 Å². The molecule has 0 radical (unpaired) electrons. The van der Waals surface area contributed by atoms with Crippen LogP contribution in [-0.2, 0) is 9.59 Å². The Labute approximate surface area is 109 Å². The zero-order valence-corrected chi connectivity index (χ0v) is 11.2. The molecule has 1 atom stereocenters. The Bertz CT molecular complexity index is 485. The van der Waals surface area contributed by atoms with Gasteiger partial charge in [0.15, 0.2) is 10.9 Å². The van der Waals surface area contributed by atoms with E-state index in [1.807, 2.05) is 6.92 Å². The second-order valence-corrected chi connectivity index (χ2v) is 5.66. The summed E-state index contributed by atoms with van der Waals surface area (Å²) in [6.07, 6.45) is 0.450. The van der Waals surface area contributed by atoms with Crippen LogP contribution in [0.3, 0.4) is 0 Å². The van der Waals surface area contributed by atoms with Crippen molar-refractivity contribution < 1.29 is 9.59 Å². The van der Waals surface area contributed by atoms with Gasteiger partial charge in [-0.05, 0) is 12.8 Å². The predicted molar refractivity (Wildman–Crippen MR) is 71.3 cm³/mol. The van der Waals surface area contributed by atoms with E-state index in [2.05, 4.69) is 10.2 Å². The number of aromatic amines is 1. The number of thioether (sulfide) groups is 1. The quantitative estimate of drug-likeness (QED) is 0.851. The maximum Gasteiger partial charge on any atom is 0.228 e. The number of nitrogens with one attached hydrogen (secondary N) is 1. The van der Waals surface area contributed by atoms with Gasteiger partial charge in [0, 0.05) is 25.6 Å². The number of nitrogens with two attached hydrogens (primary N) is 1. The molecule has 3 N–H and O–H groups in total. The molecule has 1 aliphatic heterocycles. The number of anilines is 2. The minimum atomic E-state index is 0.0161. The highest BCUT2D eigenvalue weighted by Gasteiger charge is 2.33. The van der Waals surface area contributed by atoms with Crippen LogP contribution in [0.25, 0.3) is 0 Å². The van der Waals surface area contributed by atoms with Crippen LogP contribution in [0.4, 0.5) is 11.5 Å². The standard InChI is InChI=1S/C11H16N4O2S/c1-6-10(12)11(14-13-6)15-4-8(3-9(15)17)5-18-7(2)16/h8H,3-5,12H2,1-2H3,(H,13,14). The van der Waals surface area contributed by atoms with Crippen molar-refractivity contribution in [1.82, 2.24) is 10.2 Å². The first-order chi connectivity index (χ1) is 8.49. The Morgan fingerprint density at radius 2 is 2.39 bits per heavy atom. The third kappa shape index (κ3) is 2.50. The molecule has 0 saturated carbocycles. The first-order valence-electron chi connectivity index (χ1n) is 5.73. The number of hydrogen-bond acceptors (Lipinski definition) is 5. The Kier molecular flexibility index (Phi) is 3.60. The van der Waals surface area contributed by atoms with Crippen LogP contribution in [0.2, 0.25) is 0 Å². The number of amides is 1. The van der Waals surface area contributed by atoms with Crippen molar-refractivity contribution in [2.24, 2.45) is 5.92 Å². The van der Waals surface area contributed by atoms with Gasteiger partial charge in [0.25, 0.3) is 0 Å². The molecule has 1 fully saturated rings. The normalized spacial score (nSPS) is 19.6. The molecule has 1 aromatic heterocycles. The summed E-state index contributed by atoms with van der Waals surface area (Å²) < 4.78 is 0. The van der Waals surface area contributed by atoms with E-state index >= 15 is 0 Å². The molecule has 1 aliphatic rings. The van der Waals surface area contributed by atoms with E-state index in [0.717, 1.165) is 5.69 Å². The highest BCUT2D eigenvalue weighted by Crippen LogP contribution is 2.30. The van der Waals surface area contributed by atoms with Crippen molar-refractivity contribution in [3.05, 3.63) is 5.69 Å². The third-order valence-corrected chi connectivity index (χ3v) is 4.00. The average Bonchev–Trinajstić information content (AvgIpc) is 2.82. The highest BCUT2D eigenvalue weighted by atomic mass is 32.2. The summed E-state index contributed by atoms with van der Waals surface area (Å²) in [6, 6.07) is 0. The van der Waals surface area contributed by atoms with Crippen LogP contribution in [0.5, 0.6) is 0 Å². The molecule has 6 nitrogen and oxygen atoms in total. The summed E-state index contributed by atoms with van der Waals surface area (Å²) in [4.78, 5) is 24.4. The highest BCUT2D eigenvalue weighted by molar-refractivity contribution is 8.13. The monoisotopic (exact) mass is 268 g/mol. The fourth-order valence-electron chi connectivity index (χ4n) is 1.96. The molecule has 1 unspecified atom stereocenters. The summed E-state index contributed by atoms with van der Waals surface area (Å²) in [6.45, 7) is 3.93. The predicted octanol–water partition coefficient (Wildman–Crippen LogP) is 0.933. The van der Waals surface area contributed by atoms with Crippen molar-refractivity contribution in [1.29, 1.82) is 0 Å². The molecule has 2 heterocycles. The molecular weight excluding hydrogens is 252 g/mol. The van der Waals surface area contributed by atoms with E-state index in [9.17, 15) is 9.59 Å². The van der Waals surface area contributed by atoms with Crippen molar-refractivity contribution >= 4 is 34.3 Å². The first kappa shape index (κ1) is 12.9. The fourth-order valence-corrected chi connectivity index (χ4v) is 2.66. The SMILES string of the molecule is CC(=O)SCC1CC(=O)N(c2n[nH]c(C)c2N)C1. The topological polar surface area (TPSA) is 92.1 Å². The lowest BCUT2D eigenvalue weighted by atomic mass is 10.1. The number of carbonyl (C=O) groups is 2. The van der Waals surface area contributed by atoms with Crippen molar-refractivity contribution in [3.63, 3.8) is 0 Å². The Morgan fingerprint density at radius 1 is 1.67 bits per heavy atom. The molecule has 98 valence electrons. The van der Waals surface area contributed by atoms with Crippen LogP contribution in [0.1, 0.15) is 19.0 Å². The molecular formula is C11H16N4O2S. The molecule has 2 rings (SSSR count). The van der Waals surface area contributed by atoms with Crippen molar-refractivity contribution in [2.45, 2.75) is 20.3 Å². The number of carbonyl (C=O) groups excluding carboxylic acids is 2. The summed E-state index contributed by atoms with van der Waals surface area (Å²) in [7, 11) is 0. The molecule has 18 heavy (non-hydrogen) atoms. The Balaban J connectivity index is 2.05. The van der Waals surface area contributed by atoms with E-state index in [1.165, 1.54) is 18.7 Å². The van der Waals surface area contributed by atoms with Gasteiger partial charge in [0.1, 0.15) is 0 Å². The summed E-state index contributed by atoms with van der Waals surface area (Å²) in [5, 5.41) is 6.91. The van der Waals surface area contributed by atoms with Gasteiger partial charge in [-0.2, -0.15) is 5.10 Å². The molecule has 1 saturated heterocycles. The summed E-state index contributed by atoms with van der Waals surface area (Å²) >= 11 is 1.26. The lowest BCUT2D eigenvalue weighted by Gasteiger charge is -2.14. The fraction of sp³-hybridized carbons (Fsp3) is 0.545. The Morgan fingerprint density at radius 3 is 2.94 bits per heavy atom. The number of hydrogen-bond donors (Lipinski definition) is 2. The van der Waals surface area contributed by atoms with E-state index in [4.69, 9.17) is 5.73 Å². The van der Waals surface area contributed by atoms with E-state index in [-0.39, 0.29) is 16.9 Å². The van der Waals surface area contributed by atoms with Crippen molar-refractivity contribution in [2.75, 3.05) is 22.9 Å². The number of H-pyrrole nitrogens is 1.